The molecule has 0 atom stereocenters. The molecule has 0 radical (unpaired) electrons. The molecule has 0 saturated carbocycles. The molecule has 5 nitrogen and oxygen atoms in total. The van der Waals surface area contributed by atoms with Gasteiger partial charge in [0.05, 0.1) is 11.6 Å². The molecule has 3 rings (SSSR count). The number of anilines is 1. The summed E-state index contributed by atoms with van der Waals surface area (Å²) in [6.07, 6.45) is 3.47. The lowest BCUT2D eigenvalue weighted by molar-refractivity contribution is 0.102. The topological polar surface area (TPSA) is 78.7 Å². The van der Waals surface area contributed by atoms with E-state index < -0.39 is 0 Å². The van der Waals surface area contributed by atoms with Gasteiger partial charge in [0, 0.05) is 29.0 Å². The first-order chi connectivity index (χ1) is 11.2. The Morgan fingerprint density at radius 3 is 3.00 bits per heavy atom. The van der Waals surface area contributed by atoms with E-state index in [-0.39, 0.29) is 5.91 Å². The Morgan fingerprint density at radius 1 is 1.35 bits per heavy atom. The number of hydrogen-bond donors (Lipinski definition) is 1. The first kappa shape index (κ1) is 14.9. The largest absolute Gasteiger partial charge is 0.321 e. The Hall–Kier alpha value is -3.04. The van der Waals surface area contributed by atoms with Crippen LogP contribution in [0.5, 0.6) is 0 Å². The minimum Gasteiger partial charge on any atom is -0.321 e. The van der Waals surface area contributed by atoms with E-state index in [1.807, 2.05) is 19.1 Å². The first-order valence-electron chi connectivity index (χ1n) is 6.85. The summed E-state index contributed by atoms with van der Waals surface area (Å²) in [5.41, 5.74) is 3.38. The number of hydrogen-bond acceptors (Lipinski definition) is 5. The zero-order valence-electron chi connectivity index (χ0n) is 12.3. The highest BCUT2D eigenvalue weighted by Crippen LogP contribution is 2.26. The number of nitriles is 1. The fourth-order valence-electron chi connectivity index (χ4n) is 2.05. The Morgan fingerprint density at radius 2 is 2.22 bits per heavy atom. The Balaban J connectivity index is 1.81. The number of carbonyl (C=O) groups is 1. The second-order valence-corrected chi connectivity index (χ2v) is 5.73. The first-order valence-corrected chi connectivity index (χ1v) is 7.73. The number of thiazole rings is 1. The fourth-order valence-corrected chi connectivity index (χ4v) is 2.93. The average Bonchev–Trinajstić information content (AvgIpc) is 3.05. The molecule has 0 aliphatic carbocycles. The maximum atomic E-state index is 12.3. The van der Waals surface area contributed by atoms with Crippen LogP contribution in [0.3, 0.4) is 0 Å². The summed E-state index contributed by atoms with van der Waals surface area (Å²) >= 11 is 1.40. The Kier molecular flexibility index (Phi) is 4.13. The summed E-state index contributed by atoms with van der Waals surface area (Å²) in [7, 11) is 0. The lowest BCUT2D eigenvalue weighted by atomic mass is 10.2. The molecule has 6 heteroatoms. The van der Waals surface area contributed by atoms with Crippen LogP contribution in [0.4, 0.5) is 5.69 Å². The average molecular weight is 320 g/mol. The summed E-state index contributed by atoms with van der Waals surface area (Å²) in [5.74, 6) is -0.302. The van der Waals surface area contributed by atoms with Crippen LogP contribution in [0.2, 0.25) is 0 Å². The lowest BCUT2D eigenvalue weighted by Gasteiger charge is -2.03. The van der Waals surface area contributed by atoms with Gasteiger partial charge in [-0.3, -0.25) is 9.78 Å². The Bertz CT molecular complexity index is 911. The Labute approximate surface area is 137 Å². The molecule has 0 spiro atoms. The third-order valence-electron chi connectivity index (χ3n) is 3.26. The van der Waals surface area contributed by atoms with Crippen molar-refractivity contribution in [2.75, 3.05) is 5.32 Å². The molecule has 0 aliphatic heterocycles. The number of carbonyl (C=O) groups excluding carboxylic acids is 1. The smallest absolute Gasteiger partial charge is 0.275 e. The summed E-state index contributed by atoms with van der Waals surface area (Å²) < 4.78 is 0. The molecule has 1 aromatic carbocycles. The van der Waals surface area contributed by atoms with Gasteiger partial charge < -0.3 is 5.32 Å². The molecule has 0 aliphatic rings. The highest BCUT2D eigenvalue weighted by molar-refractivity contribution is 7.13. The molecule has 3 aromatic rings. The quantitative estimate of drug-likeness (QED) is 0.799. The van der Waals surface area contributed by atoms with Gasteiger partial charge in [-0.1, -0.05) is 6.07 Å². The molecule has 2 aromatic heterocycles. The van der Waals surface area contributed by atoms with Crippen LogP contribution in [0, 0.1) is 18.3 Å². The third kappa shape index (κ3) is 3.25. The molecule has 112 valence electrons. The maximum absolute atomic E-state index is 12.3. The number of rotatable bonds is 3. The van der Waals surface area contributed by atoms with E-state index in [0.29, 0.717) is 16.9 Å². The van der Waals surface area contributed by atoms with Crippen LogP contribution in [-0.4, -0.2) is 15.9 Å². The van der Waals surface area contributed by atoms with Crippen molar-refractivity contribution in [3.8, 4) is 16.6 Å². The van der Waals surface area contributed by atoms with Crippen LogP contribution in [-0.2, 0) is 0 Å². The van der Waals surface area contributed by atoms with Crippen molar-refractivity contribution in [2.45, 2.75) is 6.92 Å². The normalized spacial score (nSPS) is 10.1. The number of nitrogens with zero attached hydrogens (tertiary/aromatic N) is 3. The molecule has 1 N–H and O–H groups in total. The van der Waals surface area contributed by atoms with Crippen LogP contribution >= 0.6 is 11.3 Å². The number of amides is 1. The molecule has 0 unspecified atom stereocenters. The van der Waals surface area contributed by atoms with Crippen molar-refractivity contribution in [3.05, 3.63) is 64.9 Å². The lowest BCUT2D eigenvalue weighted by Crippen LogP contribution is -2.12. The summed E-state index contributed by atoms with van der Waals surface area (Å²) in [6.45, 7) is 1.98. The van der Waals surface area contributed by atoms with Gasteiger partial charge in [0.1, 0.15) is 10.7 Å². The molecule has 0 saturated heterocycles. The maximum Gasteiger partial charge on any atom is 0.275 e. The van der Waals surface area contributed by atoms with Crippen LogP contribution in [0.1, 0.15) is 21.6 Å². The third-order valence-corrected chi connectivity index (χ3v) is 4.13. The van der Waals surface area contributed by atoms with Crippen molar-refractivity contribution in [2.24, 2.45) is 0 Å². The van der Waals surface area contributed by atoms with E-state index in [9.17, 15) is 4.79 Å². The molecular formula is C17H12N4OS. The molecule has 1 amide bonds. The van der Waals surface area contributed by atoms with Gasteiger partial charge >= 0.3 is 0 Å². The number of aromatic nitrogens is 2. The zero-order valence-corrected chi connectivity index (χ0v) is 13.1. The molecule has 23 heavy (non-hydrogen) atoms. The van der Waals surface area contributed by atoms with Crippen LogP contribution in [0.25, 0.3) is 10.6 Å². The van der Waals surface area contributed by atoms with Crippen molar-refractivity contribution < 1.29 is 4.79 Å². The number of benzene rings is 1. The monoisotopic (exact) mass is 320 g/mol. The van der Waals surface area contributed by atoms with Crippen molar-refractivity contribution in [3.63, 3.8) is 0 Å². The molecule has 0 fully saturated rings. The van der Waals surface area contributed by atoms with Gasteiger partial charge in [-0.15, -0.1) is 11.3 Å². The van der Waals surface area contributed by atoms with E-state index in [1.165, 1.54) is 11.3 Å². The van der Waals surface area contributed by atoms with Crippen LogP contribution in [0.15, 0.2) is 48.1 Å². The minimum atomic E-state index is -0.302. The van der Waals surface area contributed by atoms with Gasteiger partial charge in [0.2, 0.25) is 0 Å². The van der Waals surface area contributed by atoms with E-state index >= 15 is 0 Å². The van der Waals surface area contributed by atoms with Crippen molar-refractivity contribution >= 4 is 22.9 Å². The minimum absolute atomic E-state index is 0.302. The summed E-state index contributed by atoms with van der Waals surface area (Å²) in [5, 5.41) is 14.1. The highest BCUT2D eigenvalue weighted by atomic mass is 32.1. The highest BCUT2D eigenvalue weighted by Gasteiger charge is 2.13. The second kappa shape index (κ2) is 6.38. The van der Waals surface area contributed by atoms with E-state index in [4.69, 9.17) is 5.26 Å². The van der Waals surface area contributed by atoms with Gasteiger partial charge in [-0.25, -0.2) is 4.98 Å². The number of pyridine rings is 1. The van der Waals surface area contributed by atoms with Gasteiger partial charge in [0.15, 0.2) is 0 Å². The van der Waals surface area contributed by atoms with Gasteiger partial charge in [-0.05, 0) is 36.8 Å². The summed E-state index contributed by atoms with van der Waals surface area (Å²) in [4.78, 5) is 20.8. The zero-order chi connectivity index (χ0) is 16.2. The van der Waals surface area contributed by atoms with Crippen LogP contribution < -0.4 is 5.32 Å². The van der Waals surface area contributed by atoms with Gasteiger partial charge in [0.25, 0.3) is 5.91 Å². The predicted molar refractivity (Wildman–Crippen MR) is 89.2 cm³/mol. The van der Waals surface area contributed by atoms with Gasteiger partial charge in [-0.2, -0.15) is 5.26 Å². The SMILES string of the molecule is Cc1ccncc1-c1nc(C(=O)Nc2cccc(C#N)c2)cs1. The predicted octanol–water partition coefficient (Wildman–Crippen LogP) is 3.64. The second-order valence-electron chi connectivity index (χ2n) is 4.88. The van der Waals surface area contributed by atoms with Crippen molar-refractivity contribution in [1.82, 2.24) is 9.97 Å². The van der Waals surface area contributed by atoms with E-state index in [1.54, 1.807) is 42.0 Å². The number of aryl methyl sites for hydroxylation is 1. The standard InChI is InChI=1S/C17H12N4OS/c1-11-5-6-19-9-14(11)17-21-15(10-23-17)16(22)20-13-4-2-3-12(7-13)8-18/h2-7,9-10H,1H3,(H,20,22). The summed E-state index contributed by atoms with van der Waals surface area (Å²) in [6, 6.07) is 10.7. The molecular weight excluding hydrogens is 308 g/mol. The molecule has 0 bridgehead atoms. The van der Waals surface area contributed by atoms with E-state index in [0.717, 1.165) is 16.1 Å². The van der Waals surface area contributed by atoms with E-state index in [2.05, 4.69) is 15.3 Å². The van der Waals surface area contributed by atoms with Crippen molar-refractivity contribution in [1.29, 1.82) is 5.26 Å². The number of nitrogens with one attached hydrogen (secondary N) is 1. The molecule has 2 heterocycles. The fraction of sp³-hybridized carbons (Fsp3) is 0.0588.